The molecule has 2 saturated carbocycles. The average molecular weight is 628 g/mol. The lowest BCUT2D eigenvalue weighted by molar-refractivity contribution is -0.140. The van der Waals surface area contributed by atoms with Gasteiger partial charge in [-0.25, -0.2) is 4.98 Å². The van der Waals surface area contributed by atoms with Crippen molar-refractivity contribution in [1.82, 2.24) is 20.5 Å². The highest BCUT2D eigenvalue weighted by Gasteiger charge is 2.62. The molecular weight excluding hydrogens is 586 g/mol. The molecule has 3 fully saturated rings. The number of fused-ring (bicyclic) bond motifs is 3. The molecule has 3 amide bonds. The molecule has 9 nitrogen and oxygen atoms in total. The Hall–Kier alpha value is -3.92. The lowest BCUT2D eigenvalue weighted by Crippen LogP contribution is -2.58. The summed E-state index contributed by atoms with van der Waals surface area (Å²) in [5, 5.41) is 10.3. The molecule has 2 aliphatic carbocycles. The number of ether oxygens (including phenoxy) is 1. The molecule has 1 aromatic heterocycles. The molecule has 0 unspecified atom stereocenters. The second-order valence-corrected chi connectivity index (χ2v) is 14.3. The molecule has 7 rings (SSSR count). The van der Waals surface area contributed by atoms with Crippen molar-refractivity contribution in [1.29, 1.82) is 0 Å². The van der Waals surface area contributed by atoms with E-state index < -0.39 is 23.7 Å². The zero-order valence-corrected chi connectivity index (χ0v) is 26.5. The highest BCUT2D eigenvalue weighted by molar-refractivity contribution is 7.20. The van der Waals surface area contributed by atoms with Gasteiger partial charge in [-0.15, -0.1) is 0 Å². The summed E-state index contributed by atoms with van der Waals surface area (Å²) >= 11 is 1.46. The van der Waals surface area contributed by atoms with Crippen LogP contribution < -0.4 is 20.7 Å². The third kappa shape index (κ3) is 6.43. The van der Waals surface area contributed by atoms with Crippen LogP contribution >= 0.6 is 11.3 Å². The van der Waals surface area contributed by atoms with Crippen molar-refractivity contribution in [2.24, 2.45) is 5.92 Å². The number of anilines is 1. The molecule has 236 valence electrons. The molecule has 2 aromatic carbocycles. The summed E-state index contributed by atoms with van der Waals surface area (Å²) in [5.41, 5.74) is 0.522. The third-order valence-electron chi connectivity index (χ3n) is 9.72. The summed E-state index contributed by atoms with van der Waals surface area (Å²) < 4.78 is 7.38. The summed E-state index contributed by atoms with van der Waals surface area (Å²) in [6.07, 6.45) is 11.0. The zero-order valence-electron chi connectivity index (χ0n) is 25.7. The average Bonchev–Trinajstić information content (AvgIpc) is 3.81. The van der Waals surface area contributed by atoms with E-state index in [0.717, 1.165) is 54.4 Å². The number of aromatic nitrogens is 1. The number of nitrogens with zero attached hydrogens (tertiary/aromatic N) is 2. The molecule has 0 bridgehead atoms. The first-order valence-corrected chi connectivity index (χ1v) is 17.1. The number of hydrogen-bond donors (Lipinski definition) is 3. The molecule has 0 radical (unpaired) electrons. The number of allylic oxidation sites excluding steroid dienone is 1. The summed E-state index contributed by atoms with van der Waals surface area (Å²) in [7, 11) is 0. The zero-order chi connectivity index (χ0) is 31.0. The van der Waals surface area contributed by atoms with Crippen LogP contribution in [-0.4, -0.2) is 63.4 Å². The van der Waals surface area contributed by atoms with Gasteiger partial charge in [0, 0.05) is 23.6 Å². The van der Waals surface area contributed by atoms with Gasteiger partial charge >= 0.3 is 0 Å². The predicted molar refractivity (Wildman–Crippen MR) is 175 cm³/mol. The number of carbonyl (C=O) groups is 3. The van der Waals surface area contributed by atoms with Gasteiger partial charge in [0.1, 0.15) is 23.7 Å². The molecule has 2 aliphatic heterocycles. The third-order valence-corrected chi connectivity index (χ3v) is 10.6. The van der Waals surface area contributed by atoms with Crippen molar-refractivity contribution in [3.8, 4) is 5.19 Å². The standard InChI is InChI=1S/C35H41N5O4S/c1-34(18-19-34)39-32(43)35-21-23(35)12-6-3-2-4-9-16-27(36-24-13-7-5-8-14-24)31(42)40-22-25(20-28(40)30(41)38-35)44-33-37-26-15-10-11-17-29(26)45-33/h5-8,10-15,17,23,25,27-28,36H,2-4,9,16,18-22H2,1H3,(H,38,41)(H,39,43)/b12-6-/t23-,25-,27+,28+,35-/m1/s1. The van der Waals surface area contributed by atoms with E-state index in [2.05, 4.69) is 33.1 Å². The van der Waals surface area contributed by atoms with E-state index in [1.807, 2.05) is 61.5 Å². The van der Waals surface area contributed by atoms with Gasteiger partial charge in [0.2, 0.25) is 17.7 Å². The second kappa shape index (κ2) is 12.1. The largest absolute Gasteiger partial charge is 0.465 e. The highest BCUT2D eigenvalue weighted by atomic mass is 32.1. The number of thiazole rings is 1. The van der Waals surface area contributed by atoms with Crippen molar-refractivity contribution >= 4 is 45.0 Å². The Balaban J connectivity index is 1.17. The number of benzene rings is 2. The van der Waals surface area contributed by atoms with E-state index >= 15 is 0 Å². The molecule has 4 aliphatic rings. The lowest BCUT2D eigenvalue weighted by Gasteiger charge is -2.30. The Morgan fingerprint density at radius 2 is 1.87 bits per heavy atom. The maximum absolute atomic E-state index is 14.4. The SMILES string of the molecule is CC1(NC(=O)[C@@]23C[C@H]2/C=C\CCCCC[C@H](Nc2ccccc2)C(=O)N2C[C@H](Oc4nc5ccccc5s4)C[C@H]2C(=O)N3)CC1. The Bertz CT molecular complexity index is 1570. The van der Waals surface area contributed by atoms with Crippen LogP contribution in [0.25, 0.3) is 10.2 Å². The first-order chi connectivity index (χ1) is 21.8. The first kappa shape index (κ1) is 29.8. The Morgan fingerprint density at radius 1 is 1.07 bits per heavy atom. The fourth-order valence-corrected chi connectivity index (χ4v) is 7.52. The number of carbonyl (C=O) groups excluding carboxylic acids is 3. The smallest absolute Gasteiger partial charge is 0.274 e. The summed E-state index contributed by atoms with van der Waals surface area (Å²) in [4.78, 5) is 48.6. The Morgan fingerprint density at radius 3 is 2.67 bits per heavy atom. The minimum Gasteiger partial charge on any atom is -0.465 e. The van der Waals surface area contributed by atoms with Crippen LogP contribution in [0, 0.1) is 5.92 Å². The number of rotatable bonds is 6. The van der Waals surface area contributed by atoms with Gasteiger partial charge < -0.3 is 25.6 Å². The number of amides is 3. The quantitative estimate of drug-likeness (QED) is 0.325. The number of nitrogens with one attached hydrogen (secondary N) is 3. The van der Waals surface area contributed by atoms with Crippen molar-refractivity contribution < 1.29 is 19.1 Å². The molecule has 3 aromatic rings. The summed E-state index contributed by atoms with van der Waals surface area (Å²) in [5.74, 6) is -0.629. The van der Waals surface area contributed by atoms with E-state index in [-0.39, 0.29) is 35.7 Å². The van der Waals surface area contributed by atoms with E-state index in [0.29, 0.717) is 24.5 Å². The fourth-order valence-electron chi connectivity index (χ4n) is 6.64. The highest BCUT2D eigenvalue weighted by Crippen LogP contribution is 2.47. The van der Waals surface area contributed by atoms with Crippen LogP contribution in [-0.2, 0) is 14.4 Å². The minimum atomic E-state index is -0.998. The molecular formula is C35H41N5O4S. The van der Waals surface area contributed by atoms with Crippen LogP contribution in [0.4, 0.5) is 5.69 Å². The van der Waals surface area contributed by atoms with Gasteiger partial charge in [-0.05, 0) is 69.7 Å². The van der Waals surface area contributed by atoms with Crippen molar-refractivity contribution in [2.45, 2.75) is 94.0 Å². The topological polar surface area (TPSA) is 113 Å². The van der Waals surface area contributed by atoms with Gasteiger partial charge in [0.25, 0.3) is 5.19 Å². The van der Waals surface area contributed by atoms with Gasteiger partial charge in [0.15, 0.2) is 0 Å². The van der Waals surface area contributed by atoms with Crippen LogP contribution in [0.5, 0.6) is 5.19 Å². The predicted octanol–water partition coefficient (Wildman–Crippen LogP) is 5.19. The van der Waals surface area contributed by atoms with Crippen molar-refractivity contribution in [3.63, 3.8) is 0 Å². The number of hydrogen-bond acceptors (Lipinski definition) is 7. The van der Waals surface area contributed by atoms with Gasteiger partial charge in [-0.1, -0.05) is 66.7 Å². The molecule has 5 atom stereocenters. The molecule has 10 heteroatoms. The van der Waals surface area contributed by atoms with E-state index in [4.69, 9.17) is 4.74 Å². The Labute approximate surface area is 267 Å². The van der Waals surface area contributed by atoms with Crippen LogP contribution in [0.15, 0.2) is 66.7 Å². The van der Waals surface area contributed by atoms with Gasteiger partial charge in [0.05, 0.1) is 16.8 Å². The molecule has 3 heterocycles. The maximum Gasteiger partial charge on any atom is 0.274 e. The Kier molecular flexibility index (Phi) is 8.02. The fraction of sp³-hybridized carbons (Fsp3) is 0.486. The van der Waals surface area contributed by atoms with Crippen molar-refractivity contribution in [3.05, 3.63) is 66.7 Å². The molecule has 0 spiro atoms. The summed E-state index contributed by atoms with van der Waals surface area (Å²) in [6.45, 7) is 2.31. The van der Waals surface area contributed by atoms with Gasteiger partial charge in [-0.3, -0.25) is 14.4 Å². The van der Waals surface area contributed by atoms with Crippen LogP contribution in [0.3, 0.4) is 0 Å². The minimum absolute atomic E-state index is 0.0678. The first-order valence-electron chi connectivity index (χ1n) is 16.3. The van der Waals surface area contributed by atoms with E-state index in [1.54, 1.807) is 4.90 Å². The van der Waals surface area contributed by atoms with E-state index in [1.165, 1.54) is 11.3 Å². The normalized spacial score (nSPS) is 30.2. The monoisotopic (exact) mass is 627 g/mol. The molecule has 3 N–H and O–H groups in total. The molecule has 1 saturated heterocycles. The summed E-state index contributed by atoms with van der Waals surface area (Å²) in [6, 6.07) is 16.3. The maximum atomic E-state index is 14.4. The van der Waals surface area contributed by atoms with Crippen molar-refractivity contribution in [2.75, 3.05) is 11.9 Å². The number of para-hydroxylation sites is 2. The van der Waals surface area contributed by atoms with Crippen LogP contribution in [0.1, 0.15) is 64.7 Å². The van der Waals surface area contributed by atoms with Gasteiger partial charge in [-0.2, -0.15) is 0 Å². The van der Waals surface area contributed by atoms with E-state index in [9.17, 15) is 14.4 Å². The lowest BCUT2D eigenvalue weighted by atomic mass is 10.0. The van der Waals surface area contributed by atoms with Crippen LogP contribution in [0.2, 0.25) is 0 Å². The molecule has 45 heavy (non-hydrogen) atoms. The second-order valence-electron chi connectivity index (χ2n) is 13.3.